The van der Waals surface area contributed by atoms with Crippen LogP contribution in [0.1, 0.15) is 35.1 Å². The van der Waals surface area contributed by atoms with E-state index in [0.29, 0.717) is 12.4 Å². The van der Waals surface area contributed by atoms with E-state index in [4.69, 9.17) is 9.47 Å². The number of nitrogens with one attached hydrogen (secondary N) is 2. The number of halogens is 3. The first-order valence-electron chi connectivity index (χ1n) is 9.47. The summed E-state index contributed by atoms with van der Waals surface area (Å²) in [7, 11) is 0. The van der Waals surface area contributed by atoms with Gasteiger partial charge in [0.05, 0.1) is 24.1 Å². The maximum Gasteiger partial charge on any atom is 0.437 e. The van der Waals surface area contributed by atoms with Gasteiger partial charge < -0.3 is 25.2 Å². The third kappa shape index (κ3) is 4.33. The second-order valence-corrected chi connectivity index (χ2v) is 7.68. The van der Waals surface area contributed by atoms with Gasteiger partial charge in [0.15, 0.2) is 17.3 Å². The maximum absolute atomic E-state index is 13.9. The molecule has 1 aliphatic rings. The van der Waals surface area contributed by atoms with Gasteiger partial charge in [-0.25, -0.2) is 4.79 Å². The van der Waals surface area contributed by atoms with Crippen LogP contribution in [0.2, 0.25) is 0 Å². The van der Waals surface area contributed by atoms with E-state index < -0.39 is 35.7 Å². The van der Waals surface area contributed by atoms with E-state index in [1.165, 1.54) is 41.0 Å². The van der Waals surface area contributed by atoms with E-state index in [1.807, 2.05) is 0 Å². The van der Waals surface area contributed by atoms with Crippen molar-refractivity contribution in [2.24, 2.45) is 5.92 Å². The van der Waals surface area contributed by atoms with Crippen LogP contribution >= 0.6 is 11.3 Å². The summed E-state index contributed by atoms with van der Waals surface area (Å²) >= 11 is 0.941. The number of Topliss-reactive ketones (excluding diaryl/α,β-unsaturated/α-hetero) is 1. The van der Waals surface area contributed by atoms with E-state index in [0.717, 1.165) is 11.3 Å². The van der Waals surface area contributed by atoms with Crippen molar-refractivity contribution in [2.75, 3.05) is 13.2 Å². The fourth-order valence-electron chi connectivity index (χ4n) is 3.45. The first kappa shape index (κ1) is 22.9. The molecular weight excluding hydrogens is 437 g/mol. The van der Waals surface area contributed by atoms with Crippen molar-refractivity contribution < 1.29 is 37.3 Å². The van der Waals surface area contributed by atoms with Crippen LogP contribution in [0.25, 0.3) is 0 Å². The molecule has 3 rings (SSSR count). The first-order chi connectivity index (χ1) is 14.6. The number of urea groups is 1. The van der Waals surface area contributed by atoms with Gasteiger partial charge >= 0.3 is 12.2 Å². The molecule has 3 atom stereocenters. The lowest BCUT2D eigenvalue weighted by Gasteiger charge is -2.44. The Kier molecular flexibility index (Phi) is 6.46. The highest BCUT2D eigenvalue weighted by Crippen LogP contribution is 2.45. The lowest BCUT2D eigenvalue weighted by molar-refractivity contribution is -0.287. The van der Waals surface area contributed by atoms with E-state index in [9.17, 15) is 27.9 Å². The number of amides is 2. The largest absolute Gasteiger partial charge is 0.490 e. The molecule has 2 heterocycles. The fraction of sp³-hybridized carbons (Fsp3) is 0.400. The van der Waals surface area contributed by atoms with Crippen LogP contribution in [0.5, 0.6) is 11.5 Å². The summed E-state index contributed by atoms with van der Waals surface area (Å²) < 4.78 is 52.7. The van der Waals surface area contributed by atoms with Crippen LogP contribution in [0, 0.1) is 5.92 Å². The third-order valence-corrected chi connectivity index (χ3v) is 5.66. The van der Waals surface area contributed by atoms with Crippen LogP contribution in [-0.4, -0.2) is 42.0 Å². The van der Waals surface area contributed by atoms with Gasteiger partial charge in [-0.3, -0.25) is 4.79 Å². The highest BCUT2D eigenvalue weighted by atomic mass is 32.1. The van der Waals surface area contributed by atoms with Crippen molar-refractivity contribution in [3.63, 3.8) is 0 Å². The molecule has 1 aromatic heterocycles. The molecule has 31 heavy (non-hydrogen) atoms. The van der Waals surface area contributed by atoms with Gasteiger partial charge in [0, 0.05) is 0 Å². The van der Waals surface area contributed by atoms with Crippen molar-refractivity contribution in [1.29, 1.82) is 0 Å². The minimum Gasteiger partial charge on any atom is -0.490 e. The van der Waals surface area contributed by atoms with Crippen LogP contribution < -0.4 is 20.1 Å². The summed E-state index contributed by atoms with van der Waals surface area (Å²) in [5.74, 6) is -2.44. The zero-order chi connectivity index (χ0) is 22.8. The van der Waals surface area contributed by atoms with Crippen molar-refractivity contribution >= 4 is 23.2 Å². The van der Waals surface area contributed by atoms with Crippen LogP contribution in [-0.2, 0) is 0 Å². The summed E-state index contributed by atoms with van der Waals surface area (Å²) in [5.41, 5.74) is -3.62. The SMILES string of the molecule is CCOc1ccc([C@@H]2NC(=O)N[C@@](O)(C(F)(F)F)[C@@H]2C(=O)c2cccs2)cc1OCC. The van der Waals surface area contributed by atoms with Gasteiger partial charge in [-0.2, -0.15) is 13.2 Å². The van der Waals surface area contributed by atoms with E-state index in [1.54, 1.807) is 13.8 Å². The van der Waals surface area contributed by atoms with Gasteiger partial charge in [0.1, 0.15) is 5.92 Å². The predicted molar refractivity (Wildman–Crippen MR) is 106 cm³/mol. The maximum atomic E-state index is 13.9. The Hall–Kier alpha value is -2.79. The van der Waals surface area contributed by atoms with Crippen molar-refractivity contribution in [3.05, 3.63) is 46.2 Å². The third-order valence-electron chi connectivity index (χ3n) is 4.78. The topological polar surface area (TPSA) is 96.9 Å². The number of hydrogen-bond acceptors (Lipinski definition) is 6. The molecule has 11 heteroatoms. The Morgan fingerprint density at radius 2 is 1.87 bits per heavy atom. The monoisotopic (exact) mass is 458 g/mol. The Morgan fingerprint density at radius 1 is 1.19 bits per heavy atom. The molecule has 0 aliphatic carbocycles. The number of rotatable bonds is 7. The average molecular weight is 458 g/mol. The first-order valence-corrected chi connectivity index (χ1v) is 10.3. The van der Waals surface area contributed by atoms with Crippen molar-refractivity contribution in [3.8, 4) is 11.5 Å². The molecule has 7 nitrogen and oxygen atoms in total. The van der Waals surface area contributed by atoms with E-state index in [2.05, 4.69) is 5.32 Å². The molecule has 1 aliphatic heterocycles. The lowest BCUT2D eigenvalue weighted by atomic mass is 9.78. The highest BCUT2D eigenvalue weighted by Gasteiger charge is 2.66. The zero-order valence-corrected chi connectivity index (χ0v) is 17.5. The second-order valence-electron chi connectivity index (χ2n) is 6.73. The molecule has 168 valence electrons. The summed E-state index contributed by atoms with van der Waals surface area (Å²) in [6.45, 7) is 4.07. The van der Waals surface area contributed by atoms with Gasteiger partial charge in [-0.15, -0.1) is 11.3 Å². The van der Waals surface area contributed by atoms with Gasteiger partial charge in [0.2, 0.25) is 5.72 Å². The zero-order valence-electron chi connectivity index (χ0n) is 16.7. The molecule has 1 fully saturated rings. The van der Waals surface area contributed by atoms with Gasteiger partial charge in [-0.1, -0.05) is 12.1 Å². The fourth-order valence-corrected chi connectivity index (χ4v) is 4.15. The van der Waals surface area contributed by atoms with Crippen LogP contribution in [0.3, 0.4) is 0 Å². The highest BCUT2D eigenvalue weighted by molar-refractivity contribution is 7.12. The number of hydrogen-bond donors (Lipinski definition) is 3. The molecule has 1 saturated heterocycles. The summed E-state index contributed by atoms with van der Waals surface area (Å²) in [6.07, 6.45) is -5.31. The van der Waals surface area contributed by atoms with Crippen molar-refractivity contribution in [2.45, 2.75) is 31.8 Å². The molecular formula is C20H21F3N2O5S. The minimum absolute atomic E-state index is 0.0200. The molecule has 0 bridgehead atoms. The standard InChI is InChI=1S/C20H21F3N2O5S/c1-3-29-12-8-7-11(10-13(12)30-4-2)16-15(17(26)14-6-5-9-31-14)19(28,20(21,22)23)25-18(27)24-16/h5-10,15-16,28H,3-4H2,1-2H3,(H2,24,25,27)/t15-,16-,19-/m0/s1. The number of aliphatic hydroxyl groups is 1. The number of ether oxygens (including phenoxy) is 2. The van der Waals surface area contributed by atoms with Crippen LogP contribution in [0.15, 0.2) is 35.7 Å². The molecule has 0 radical (unpaired) electrons. The minimum atomic E-state index is -5.31. The van der Waals surface area contributed by atoms with E-state index >= 15 is 0 Å². The molecule has 2 aromatic rings. The molecule has 0 spiro atoms. The smallest absolute Gasteiger partial charge is 0.437 e. The van der Waals surface area contributed by atoms with Gasteiger partial charge in [0.25, 0.3) is 0 Å². The second kappa shape index (κ2) is 8.75. The normalized spacial score (nSPS) is 23.6. The summed E-state index contributed by atoms with van der Waals surface area (Å²) in [4.78, 5) is 25.2. The number of thiophene rings is 1. The van der Waals surface area contributed by atoms with Crippen LogP contribution in [0.4, 0.5) is 18.0 Å². The number of ketones is 1. The number of alkyl halides is 3. The molecule has 2 amide bonds. The summed E-state index contributed by atoms with van der Waals surface area (Å²) in [6, 6.07) is 4.44. The Labute approximate surface area is 180 Å². The Morgan fingerprint density at radius 3 is 2.45 bits per heavy atom. The molecule has 1 aromatic carbocycles. The summed E-state index contributed by atoms with van der Waals surface area (Å²) in [5, 5.41) is 16.0. The average Bonchev–Trinajstić information content (AvgIpc) is 3.23. The molecule has 0 unspecified atom stereocenters. The quantitative estimate of drug-likeness (QED) is 0.551. The van der Waals surface area contributed by atoms with Crippen molar-refractivity contribution in [1.82, 2.24) is 10.6 Å². The Balaban J connectivity index is 2.14. The number of benzene rings is 1. The van der Waals surface area contributed by atoms with Gasteiger partial charge in [-0.05, 0) is 43.0 Å². The Bertz CT molecular complexity index is 951. The number of carbonyl (C=O) groups is 2. The molecule has 3 N–H and O–H groups in total. The number of carbonyl (C=O) groups excluding carboxylic acids is 2. The molecule has 0 saturated carbocycles. The lowest BCUT2D eigenvalue weighted by Crippen LogP contribution is -2.72. The van der Waals surface area contributed by atoms with E-state index in [-0.39, 0.29) is 22.8 Å². The predicted octanol–water partition coefficient (Wildman–Crippen LogP) is 3.65.